The highest BCUT2D eigenvalue weighted by Crippen LogP contribution is 2.16. The van der Waals surface area contributed by atoms with Crippen LogP contribution in [-0.4, -0.2) is 12.8 Å². The Balaban J connectivity index is 2.35. The Morgan fingerprint density at radius 2 is 2.00 bits per heavy atom. The minimum absolute atomic E-state index is 0.0375. The van der Waals surface area contributed by atoms with E-state index in [1.165, 1.54) is 12.1 Å². The Labute approximate surface area is 94.1 Å². The minimum atomic E-state index is -4.39. The lowest BCUT2D eigenvalue weighted by atomic mass is 10.2. The van der Waals surface area contributed by atoms with Crippen molar-refractivity contribution < 1.29 is 22.4 Å². The Bertz CT molecular complexity index is 356. The molecule has 0 bridgehead atoms. The van der Waals surface area contributed by atoms with Gasteiger partial charge in [0.15, 0.2) is 6.61 Å². The van der Waals surface area contributed by atoms with Crippen LogP contribution in [0.25, 0.3) is 0 Å². The maximum absolute atomic E-state index is 12.9. The van der Waals surface area contributed by atoms with Crippen LogP contribution >= 0.6 is 11.6 Å². The standard InChI is InChI=1S/C9H8ClF4NO/c10-7-2-1-6(3-8(7)11)4-15-16-5-9(12,13)14/h1-3,15H,4-5H2. The van der Waals surface area contributed by atoms with E-state index in [9.17, 15) is 17.6 Å². The number of hydrogen-bond donors (Lipinski definition) is 1. The highest BCUT2D eigenvalue weighted by molar-refractivity contribution is 6.30. The highest BCUT2D eigenvalue weighted by Gasteiger charge is 2.27. The summed E-state index contributed by atoms with van der Waals surface area (Å²) < 4.78 is 47.9. The molecular formula is C9H8ClF4NO. The van der Waals surface area contributed by atoms with Gasteiger partial charge in [0.2, 0.25) is 0 Å². The summed E-state index contributed by atoms with van der Waals surface area (Å²) in [6.07, 6.45) is -4.39. The number of alkyl halides is 3. The summed E-state index contributed by atoms with van der Waals surface area (Å²) in [5.41, 5.74) is 2.51. The summed E-state index contributed by atoms with van der Waals surface area (Å²) in [6, 6.07) is 3.92. The van der Waals surface area contributed by atoms with Crippen LogP contribution in [0.2, 0.25) is 5.02 Å². The SMILES string of the molecule is Fc1cc(CNOCC(F)(F)F)ccc1Cl. The quantitative estimate of drug-likeness (QED) is 0.508. The molecule has 0 spiro atoms. The average molecular weight is 258 g/mol. The van der Waals surface area contributed by atoms with Gasteiger partial charge in [-0.2, -0.15) is 18.7 Å². The number of hydroxylamine groups is 1. The third-order valence-corrected chi connectivity index (χ3v) is 1.90. The molecule has 16 heavy (non-hydrogen) atoms. The molecule has 1 N–H and O–H groups in total. The molecule has 0 unspecified atom stereocenters. The summed E-state index contributed by atoms with van der Waals surface area (Å²) >= 11 is 5.43. The first-order valence-electron chi connectivity index (χ1n) is 4.24. The third-order valence-electron chi connectivity index (χ3n) is 1.60. The van der Waals surface area contributed by atoms with Crippen molar-refractivity contribution in [2.24, 2.45) is 0 Å². The van der Waals surface area contributed by atoms with Crippen LogP contribution in [0.5, 0.6) is 0 Å². The van der Waals surface area contributed by atoms with Crippen LogP contribution in [0, 0.1) is 5.82 Å². The molecule has 0 saturated carbocycles. The molecule has 0 fully saturated rings. The van der Waals surface area contributed by atoms with Gasteiger partial charge in [0.25, 0.3) is 0 Å². The van der Waals surface area contributed by atoms with Gasteiger partial charge in [0.05, 0.1) is 5.02 Å². The van der Waals surface area contributed by atoms with Crippen LogP contribution < -0.4 is 5.48 Å². The fourth-order valence-corrected chi connectivity index (χ4v) is 1.03. The van der Waals surface area contributed by atoms with E-state index in [-0.39, 0.29) is 11.6 Å². The summed E-state index contributed by atoms with van der Waals surface area (Å²) in [4.78, 5) is 4.14. The first-order chi connectivity index (χ1) is 7.38. The average Bonchev–Trinajstić information content (AvgIpc) is 2.17. The van der Waals surface area contributed by atoms with E-state index in [0.717, 1.165) is 6.07 Å². The Morgan fingerprint density at radius 1 is 1.31 bits per heavy atom. The van der Waals surface area contributed by atoms with Gasteiger partial charge in [-0.3, -0.25) is 4.84 Å². The zero-order valence-corrected chi connectivity index (χ0v) is 8.70. The molecule has 0 amide bonds. The van der Waals surface area contributed by atoms with Gasteiger partial charge in [-0.25, -0.2) is 4.39 Å². The summed E-state index contributed by atoms with van der Waals surface area (Å²) in [7, 11) is 0. The van der Waals surface area contributed by atoms with Crippen molar-refractivity contribution in [2.45, 2.75) is 12.7 Å². The smallest absolute Gasteiger partial charge is 0.292 e. The fourth-order valence-electron chi connectivity index (χ4n) is 0.917. The molecule has 0 saturated heterocycles. The molecule has 1 aromatic rings. The molecule has 0 atom stereocenters. The molecule has 0 radical (unpaired) electrons. The minimum Gasteiger partial charge on any atom is -0.292 e. The lowest BCUT2D eigenvalue weighted by Gasteiger charge is -2.08. The summed E-state index contributed by atoms with van der Waals surface area (Å²) in [6.45, 7) is -1.44. The molecule has 0 heterocycles. The van der Waals surface area contributed by atoms with Gasteiger partial charge in [-0.1, -0.05) is 17.7 Å². The second kappa shape index (κ2) is 5.47. The van der Waals surface area contributed by atoms with Crippen molar-refractivity contribution in [3.63, 3.8) is 0 Å². The molecule has 1 rings (SSSR count). The van der Waals surface area contributed by atoms with Gasteiger partial charge in [0, 0.05) is 6.54 Å². The molecule has 1 aromatic carbocycles. The molecule has 7 heteroatoms. The van der Waals surface area contributed by atoms with Crippen LogP contribution in [0.4, 0.5) is 17.6 Å². The second-order valence-corrected chi connectivity index (χ2v) is 3.38. The maximum atomic E-state index is 12.9. The zero-order valence-electron chi connectivity index (χ0n) is 7.94. The first-order valence-corrected chi connectivity index (χ1v) is 4.61. The van der Waals surface area contributed by atoms with E-state index in [1.807, 2.05) is 0 Å². The van der Waals surface area contributed by atoms with Crippen molar-refractivity contribution in [1.82, 2.24) is 5.48 Å². The van der Waals surface area contributed by atoms with Crippen LogP contribution in [-0.2, 0) is 11.4 Å². The predicted octanol–water partition coefficient (Wildman–Crippen LogP) is 3.06. The maximum Gasteiger partial charge on any atom is 0.413 e. The van der Waals surface area contributed by atoms with Gasteiger partial charge >= 0.3 is 6.18 Å². The van der Waals surface area contributed by atoms with Gasteiger partial charge in [-0.05, 0) is 17.7 Å². The van der Waals surface area contributed by atoms with Crippen LogP contribution in [0.1, 0.15) is 5.56 Å². The third kappa shape index (κ3) is 4.78. The van der Waals surface area contributed by atoms with Crippen LogP contribution in [0.15, 0.2) is 18.2 Å². The van der Waals surface area contributed by atoms with Gasteiger partial charge < -0.3 is 0 Å². The fraction of sp³-hybridized carbons (Fsp3) is 0.333. The Morgan fingerprint density at radius 3 is 2.56 bits per heavy atom. The molecule has 2 nitrogen and oxygen atoms in total. The van der Waals surface area contributed by atoms with Crippen molar-refractivity contribution in [1.29, 1.82) is 0 Å². The van der Waals surface area contributed by atoms with E-state index >= 15 is 0 Å². The van der Waals surface area contributed by atoms with Crippen LogP contribution in [0.3, 0.4) is 0 Å². The number of rotatable bonds is 4. The van der Waals surface area contributed by atoms with Gasteiger partial charge in [0.1, 0.15) is 5.82 Å². The van der Waals surface area contributed by atoms with Crippen molar-refractivity contribution in [3.8, 4) is 0 Å². The monoisotopic (exact) mass is 257 g/mol. The number of nitrogens with one attached hydrogen (secondary N) is 1. The number of halogens is 5. The van der Waals surface area contributed by atoms with E-state index in [1.54, 1.807) is 0 Å². The predicted molar refractivity (Wildman–Crippen MR) is 50.3 cm³/mol. The second-order valence-electron chi connectivity index (χ2n) is 2.97. The molecule has 90 valence electrons. The molecule has 0 aliphatic rings. The molecule has 0 aromatic heterocycles. The van der Waals surface area contributed by atoms with E-state index in [2.05, 4.69) is 10.3 Å². The number of benzene rings is 1. The molecular weight excluding hydrogens is 250 g/mol. The van der Waals surface area contributed by atoms with Crippen molar-refractivity contribution in [2.75, 3.05) is 6.61 Å². The largest absolute Gasteiger partial charge is 0.413 e. The number of hydrogen-bond acceptors (Lipinski definition) is 2. The summed E-state index contributed by atoms with van der Waals surface area (Å²) in [5, 5.41) is -0.0417. The van der Waals surface area contributed by atoms with E-state index in [0.29, 0.717) is 5.56 Å². The van der Waals surface area contributed by atoms with E-state index in [4.69, 9.17) is 11.6 Å². The van der Waals surface area contributed by atoms with E-state index < -0.39 is 18.6 Å². The Hall–Kier alpha value is -0.850. The summed E-state index contributed by atoms with van der Waals surface area (Å²) in [5.74, 6) is -0.628. The zero-order chi connectivity index (χ0) is 12.2. The lowest BCUT2D eigenvalue weighted by Crippen LogP contribution is -2.24. The lowest BCUT2D eigenvalue weighted by molar-refractivity contribution is -0.190. The van der Waals surface area contributed by atoms with Gasteiger partial charge in [-0.15, -0.1) is 0 Å². The highest BCUT2D eigenvalue weighted by atomic mass is 35.5. The topological polar surface area (TPSA) is 21.3 Å². The molecule has 0 aliphatic heterocycles. The van der Waals surface area contributed by atoms with Crippen molar-refractivity contribution >= 4 is 11.6 Å². The first kappa shape index (κ1) is 13.2. The normalized spacial score (nSPS) is 11.8. The van der Waals surface area contributed by atoms with Crippen molar-refractivity contribution in [3.05, 3.63) is 34.6 Å². The Kier molecular flexibility index (Phi) is 4.52. The molecule has 0 aliphatic carbocycles.